The second kappa shape index (κ2) is 10.3. The van der Waals surface area contributed by atoms with E-state index in [-0.39, 0.29) is 35.0 Å². The van der Waals surface area contributed by atoms with Crippen molar-refractivity contribution in [3.8, 4) is 0 Å². The van der Waals surface area contributed by atoms with Crippen molar-refractivity contribution in [2.75, 3.05) is 19.0 Å². The summed E-state index contributed by atoms with van der Waals surface area (Å²) in [6.45, 7) is 5.32. The number of ketones is 2. The van der Waals surface area contributed by atoms with Crippen LogP contribution in [0, 0.1) is 5.82 Å². The maximum absolute atomic E-state index is 13.8. The average molecular weight is 482 g/mol. The normalized spacial score (nSPS) is 15.9. The number of nitrogens with zero attached hydrogens (tertiary/aromatic N) is 2. The van der Waals surface area contributed by atoms with Crippen LogP contribution in [-0.2, 0) is 4.79 Å². The Labute approximate surface area is 202 Å². The molecule has 2 aliphatic rings. The van der Waals surface area contributed by atoms with E-state index in [1.165, 1.54) is 18.3 Å². The van der Waals surface area contributed by atoms with Crippen molar-refractivity contribution in [1.29, 1.82) is 0 Å². The van der Waals surface area contributed by atoms with E-state index in [0.717, 1.165) is 19.3 Å². The van der Waals surface area contributed by atoms with Gasteiger partial charge in [-0.3, -0.25) is 19.4 Å². The minimum atomic E-state index is -0.485. The summed E-state index contributed by atoms with van der Waals surface area (Å²) in [6, 6.07) is 7.33. The number of hydrogen-bond acceptors (Lipinski definition) is 5. The minimum Gasteiger partial charge on any atom is -0.367 e. The number of benzene rings is 1. The van der Waals surface area contributed by atoms with Gasteiger partial charge in [0, 0.05) is 31.6 Å². The summed E-state index contributed by atoms with van der Waals surface area (Å²) in [4.78, 5) is 46.2. The summed E-state index contributed by atoms with van der Waals surface area (Å²) >= 11 is 5.72. The molecule has 1 N–H and O–H groups in total. The third kappa shape index (κ3) is 4.66. The Morgan fingerprint density at radius 1 is 1.09 bits per heavy atom. The molecule has 0 spiro atoms. The van der Waals surface area contributed by atoms with E-state index in [1.807, 2.05) is 4.90 Å². The van der Waals surface area contributed by atoms with E-state index in [0.29, 0.717) is 42.1 Å². The summed E-state index contributed by atoms with van der Waals surface area (Å²) in [5, 5.41) is 2.70. The molecule has 2 aromatic rings. The van der Waals surface area contributed by atoms with Crippen molar-refractivity contribution in [3.63, 3.8) is 0 Å². The smallest absolute Gasteiger partial charge is 0.230 e. The van der Waals surface area contributed by atoms with E-state index >= 15 is 0 Å². The topological polar surface area (TPSA) is 79.4 Å². The first kappa shape index (κ1) is 23.8. The monoisotopic (exact) mass is 481 g/mol. The highest BCUT2D eigenvalue weighted by Gasteiger charge is 2.39. The highest BCUT2D eigenvalue weighted by atomic mass is 35.5. The van der Waals surface area contributed by atoms with Crippen molar-refractivity contribution >= 4 is 34.6 Å². The van der Waals surface area contributed by atoms with Gasteiger partial charge in [-0.15, -0.1) is 11.6 Å². The van der Waals surface area contributed by atoms with Crippen LogP contribution in [0.1, 0.15) is 64.1 Å². The predicted octanol–water partition coefficient (Wildman–Crippen LogP) is 4.49. The minimum absolute atomic E-state index is 0.0277. The maximum atomic E-state index is 13.8. The molecule has 0 radical (unpaired) electrons. The first-order valence-electron chi connectivity index (χ1n) is 11.3. The number of allylic oxidation sites excluding steroid dienone is 2. The van der Waals surface area contributed by atoms with Crippen LogP contribution in [0.25, 0.3) is 5.57 Å². The Morgan fingerprint density at radius 2 is 1.79 bits per heavy atom. The zero-order valence-electron chi connectivity index (χ0n) is 18.7. The molecule has 1 saturated heterocycles. The molecular weight excluding hydrogens is 457 g/mol. The van der Waals surface area contributed by atoms with Gasteiger partial charge in [0.05, 0.1) is 5.56 Å². The van der Waals surface area contributed by atoms with Crippen LogP contribution in [0.3, 0.4) is 0 Å². The second-order valence-corrected chi connectivity index (χ2v) is 8.72. The molecule has 0 saturated carbocycles. The number of carbonyl (C=O) groups is 3. The maximum Gasteiger partial charge on any atom is 0.230 e. The van der Waals surface area contributed by atoms with E-state index in [1.54, 1.807) is 18.2 Å². The van der Waals surface area contributed by atoms with Gasteiger partial charge in [0.1, 0.15) is 22.9 Å². The third-order valence-electron chi connectivity index (χ3n) is 6.06. The van der Waals surface area contributed by atoms with E-state index in [9.17, 15) is 18.8 Å². The van der Waals surface area contributed by atoms with E-state index in [2.05, 4.69) is 16.9 Å². The molecule has 1 aromatic carbocycles. The van der Waals surface area contributed by atoms with Crippen LogP contribution >= 0.6 is 11.6 Å². The number of carbonyl (C=O) groups excluding carboxylic acids is 3. The first-order valence-corrected chi connectivity index (χ1v) is 11.8. The molecular formula is C26H25ClFN3O3. The highest BCUT2D eigenvalue weighted by molar-refractivity contribution is 6.28. The number of nitrogens with one attached hydrogen (secondary N) is 1. The van der Waals surface area contributed by atoms with Crippen LogP contribution in [0.4, 0.5) is 4.39 Å². The van der Waals surface area contributed by atoms with Gasteiger partial charge in [0.15, 0.2) is 0 Å². The number of aromatic nitrogens is 1. The summed E-state index contributed by atoms with van der Waals surface area (Å²) in [6.07, 6.45) is 4.87. The summed E-state index contributed by atoms with van der Waals surface area (Å²) in [7, 11) is 0. The Bertz CT molecular complexity index is 1180. The lowest BCUT2D eigenvalue weighted by atomic mass is 9.86. The number of likely N-dealkylation sites (tertiary alicyclic amines) is 1. The van der Waals surface area contributed by atoms with Gasteiger partial charge in [0.25, 0.3) is 0 Å². The molecule has 0 atom stereocenters. The van der Waals surface area contributed by atoms with Crippen LogP contribution < -0.4 is 5.32 Å². The largest absolute Gasteiger partial charge is 0.367 e. The van der Waals surface area contributed by atoms with Crippen LogP contribution in [0.2, 0.25) is 0 Å². The van der Waals surface area contributed by atoms with Gasteiger partial charge in [-0.2, -0.15) is 0 Å². The SMILES string of the molecule is C=C(c1ccc(F)cc1)c1ccnc2c1C(=O)C(NC(=O)CCCCl)=C(N1CCCCC1)C2=O. The van der Waals surface area contributed by atoms with Crippen molar-refractivity contribution in [3.05, 3.63) is 82.7 Å². The van der Waals surface area contributed by atoms with Crippen LogP contribution in [0.5, 0.6) is 0 Å². The molecule has 1 aliphatic heterocycles. The lowest BCUT2D eigenvalue weighted by Crippen LogP contribution is -2.42. The number of pyridine rings is 1. The second-order valence-electron chi connectivity index (χ2n) is 8.34. The van der Waals surface area contributed by atoms with Gasteiger partial charge in [-0.05, 0) is 60.6 Å². The van der Waals surface area contributed by atoms with Crippen molar-refractivity contribution in [2.24, 2.45) is 0 Å². The van der Waals surface area contributed by atoms with Gasteiger partial charge in [-0.25, -0.2) is 4.39 Å². The Kier molecular flexibility index (Phi) is 7.22. The van der Waals surface area contributed by atoms with Gasteiger partial charge in [0.2, 0.25) is 17.5 Å². The molecule has 8 heteroatoms. The van der Waals surface area contributed by atoms with E-state index < -0.39 is 17.4 Å². The number of rotatable bonds is 7. The zero-order chi connectivity index (χ0) is 24.2. The molecule has 0 bridgehead atoms. The highest BCUT2D eigenvalue weighted by Crippen LogP contribution is 2.34. The van der Waals surface area contributed by atoms with Gasteiger partial charge < -0.3 is 10.2 Å². The lowest BCUT2D eigenvalue weighted by molar-refractivity contribution is -0.120. The quantitative estimate of drug-likeness (QED) is 0.589. The van der Waals surface area contributed by atoms with Crippen molar-refractivity contribution < 1.29 is 18.8 Å². The molecule has 1 aromatic heterocycles. The molecule has 6 nitrogen and oxygen atoms in total. The predicted molar refractivity (Wildman–Crippen MR) is 128 cm³/mol. The summed E-state index contributed by atoms with van der Waals surface area (Å²) < 4.78 is 13.4. The molecule has 1 aliphatic carbocycles. The standard InChI is InChI=1S/C26H25ClFN3O3/c1-16(17-7-9-18(28)10-8-17)19-11-13-29-22-21(19)25(33)23(30-20(32)6-5-12-27)24(26(22)34)31-14-3-2-4-15-31/h7-11,13H,1-6,12,14-15H2,(H,30,32). The number of Topliss-reactive ketones (excluding diaryl/α,β-unsaturated/α-hetero) is 2. The Morgan fingerprint density at radius 3 is 2.47 bits per heavy atom. The van der Waals surface area contributed by atoms with Crippen molar-refractivity contribution in [1.82, 2.24) is 15.2 Å². The first-order chi connectivity index (χ1) is 16.4. The van der Waals surface area contributed by atoms with Crippen LogP contribution in [-0.4, -0.2) is 46.3 Å². The molecule has 0 unspecified atom stereocenters. The van der Waals surface area contributed by atoms with Crippen LogP contribution in [0.15, 0.2) is 54.5 Å². The Balaban J connectivity index is 1.80. The van der Waals surface area contributed by atoms with E-state index in [4.69, 9.17) is 11.6 Å². The van der Waals surface area contributed by atoms with Gasteiger partial charge in [-0.1, -0.05) is 18.7 Å². The molecule has 4 rings (SSSR count). The average Bonchev–Trinajstić information content (AvgIpc) is 2.86. The molecule has 34 heavy (non-hydrogen) atoms. The number of hydrogen-bond donors (Lipinski definition) is 1. The fraction of sp³-hybridized carbons (Fsp3) is 0.308. The third-order valence-corrected chi connectivity index (χ3v) is 6.33. The Hall–Kier alpha value is -3.32. The number of halogens is 2. The molecule has 2 heterocycles. The fourth-order valence-corrected chi connectivity index (χ4v) is 4.48. The molecule has 1 amide bonds. The van der Waals surface area contributed by atoms with Gasteiger partial charge >= 0.3 is 0 Å². The van der Waals surface area contributed by atoms with Crippen molar-refractivity contribution in [2.45, 2.75) is 32.1 Å². The summed E-state index contributed by atoms with van der Waals surface area (Å²) in [5.41, 5.74) is 1.76. The number of alkyl halides is 1. The molecule has 1 fully saturated rings. The number of amides is 1. The lowest BCUT2D eigenvalue weighted by Gasteiger charge is -2.34. The summed E-state index contributed by atoms with van der Waals surface area (Å²) in [5.74, 6) is -1.35. The fourth-order valence-electron chi connectivity index (χ4n) is 4.34. The number of piperidine rings is 1. The molecule has 176 valence electrons. The zero-order valence-corrected chi connectivity index (χ0v) is 19.5. The number of fused-ring (bicyclic) bond motifs is 1.